The van der Waals surface area contributed by atoms with Gasteiger partial charge in [0.25, 0.3) is 0 Å². The molecule has 18 heavy (non-hydrogen) atoms. The van der Waals surface area contributed by atoms with E-state index in [9.17, 15) is 0 Å². The van der Waals surface area contributed by atoms with Crippen LogP contribution in [-0.2, 0) is 6.42 Å². The van der Waals surface area contributed by atoms with Crippen molar-refractivity contribution >= 4 is 15.9 Å². The van der Waals surface area contributed by atoms with Gasteiger partial charge in [-0.1, -0.05) is 44.7 Å². The second-order valence-corrected chi connectivity index (χ2v) is 5.38. The van der Waals surface area contributed by atoms with Gasteiger partial charge in [-0.2, -0.15) is 0 Å². The van der Waals surface area contributed by atoms with Gasteiger partial charge >= 0.3 is 0 Å². The number of hydrogen-bond donors (Lipinski definition) is 1. The molecule has 0 atom stereocenters. The lowest BCUT2D eigenvalue weighted by atomic mass is 10.1. The Balaban J connectivity index is 2.40. The summed E-state index contributed by atoms with van der Waals surface area (Å²) in [5.41, 5.74) is 6.81. The lowest BCUT2D eigenvalue weighted by molar-refractivity contribution is 0.300. The van der Waals surface area contributed by atoms with E-state index in [-0.39, 0.29) is 0 Å². The highest BCUT2D eigenvalue weighted by atomic mass is 79.9. The molecule has 0 aliphatic rings. The summed E-state index contributed by atoms with van der Waals surface area (Å²) in [5.74, 6) is 0.971. The van der Waals surface area contributed by atoms with E-state index in [1.54, 1.807) is 0 Å². The molecular weight excluding hydrogens is 290 g/mol. The molecule has 0 saturated carbocycles. The first-order valence-corrected chi connectivity index (χ1v) is 7.69. The zero-order chi connectivity index (χ0) is 13.2. The van der Waals surface area contributed by atoms with Crippen LogP contribution in [0.1, 0.15) is 44.6 Å². The van der Waals surface area contributed by atoms with Crippen LogP contribution < -0.4 is 10.5 Å². The highest BCUT2D eigenvalue weighted by Gasteiger charge is 2.07. The molecule has 0 amide bonds. The Hall–Kier alpha value is -0.540. The first kappa shape index (κ1) is 15.5. The Kier molecular flexibility index (Phi) is 8.10. The van der Waals surface area contributed by atoms with Gasteiger partial charge in [-0.05, 0) is 46.9 Å². The fraction of sp³-hybridized carbons (Fsp3) is 0.600. The number of nitrogens with two attached hydrogens (primary N) is 1. The fourth-order valence-electron chi connectivity index (χ4n) is 1.95. The zero-order valence-electron chi connectivity index (χ0n) is 11.3. The fourth-order valence-corrected chi connectivity index (χ4v) is 2.47. The maximum Gasteiger partial charge on any atom is 0.136 e. The number of halogens is 1. The van der Waals surface area contributed by atoms with Crippen molar-refractivity contribution in [1.29, 1.82) is 0 Å². The third-order valence-electron chi connectivity index (χ3n) is 2.96. The molecule has 0 aromatic heterocycles. The maximum atomic E-state index is 5.90. The summed E-state index contributed by atoms with van der Waals surface area (Å²) >= 11 is 3.55. The third kappa shape index (κ3) is 5.40. The molecule has 0 fully saturated rings. The molecular formula is C15H24BrNO. The first-order chi connectivity index (χ1) is 8.79. The monoisotopic (exact) mass is 313 g/mol. The van der Waals surface area contributed by atoms with Crippen molar-refractivity contribution in [3.63, 3.8) is 0 Å². The molecule has 1 aromatic carbocycles. The van der Waals surface area contributed by atoms with Gasteiger partial charge in [0.1, 0.15) is 5.75 Å². The number of unbranched alkanes of at least 4 members (excludes halogenated alkanes) is 4. The molecule has 2 N–H and O–H groups in total. The van der Waals surface area contributed by atoms with E-state index in [0.29, 0.717) is 6.54 Å². The summed E-state index contributed by atoms with van der Waals surface area (Å²) in [4.78, 5) is 0. The number of benzene rings is 1. The molecule has 0 bridgehead atoms. The van der Waals surface area contributed by atoms with Gasteiger partial charge in [-0.25, -0.2) is 0 Å². The summed E-state index contributed by atoms with van der Waals surface area (Å²) < 4.78 is 6.93. The molecule has 0 unspecified atom stereocenters. The van der Waals surface area contributed by atoms with Crippen LogP contribution in [0.5, 0.6) is 5.75 Å². The SMILES string of the molecule is CCCCCCCOc1c(Br)cccc1CCN. The molecule has 0 aliphatic carbocycles. The van der Waals surface area contributed by atoms with E-state index in [0.717, 1.165) is 29.7 Å². The van der Waals surface area contributed by atoms with Gasteiger partial charge in [-0.15, -0.1) is 0 Å². The molecule has 1 aromatic rings. The number of hydrogen-bond acceptors (Lipinski definition) is 2. The van der Waals surface area contributed by atoms with E-state index in [1.807, 2.05) is 12.1 Å². The van der Waals surface area contributed by atoms with Gasteiger partial charge in [0.15, 0.2) is 0 Å². The summed E-state index contributed by atoms with van der Waals surface area (Å²) in [5, 5.41) is 0. The lowest BCUT2D eigenvalue weighted by Gasteiger charge is -2.12. The Morgan fingerprint density at radius 1 is 1.17 bits per heavy atom. The average Bonchev–Trinajstić information content (AvgIpc) is 2.36. The topological polar surface area (TPSA) is 35.2 Å². The van der Waals surface area contributed by atoms with Crippen molar-refractivity contribution in [1.82, 2.24) is 0 Å². The standard InChI is InChI=1S/C15H24BrNO/c1-2-3-4-5-6-12-18-15-13(10-11-17)8-7-9-14(15)16/h7-9H,2-6,10-12,17H2,1H3. The smallest absolute Gasteiger partial charge is 0.136 e. The molecule has 102 valence electrons. The van der Waals surface area contributed by atoms with Gasteiger partial charge in [0.05, 0.1) is 11.1 Å². The highest BCUT2D eigenvalue weighted by molar-refractivity contribution is 9.10. The van der Waals surface area contributed by atoms with Crippen molar-refractivity contribution in [3.8, 4) is 5.75 Å². The molecule has 0 aliphatic heterocycles. The van der Waals surface area contributed by atoms with Crippen LogP contribution in [0.25, 0.3) is 0 Å². The van der Waals surface area contributed by atoms with E-state index < -0.39 is 0 Å². The second-order valence-electron chi connectivity index (χ2n) is 4.53. The Labute approximate surface area is 119 Å². The molecule has 0 heterocycles. The lowest BCUT2D eigenvalue weighted by Crippen LogP contribution is -2.06. The van der Waals surface area contributed by atoms with Gasteiger partial charge < -0.3 is 10.5 Å². The number of para-hydroxylation sites is 1. The quantitative estimate of drug-likeness (QED) is 0.690. The second kappa shape index (κ2) is 9.40. The van der Waals surface area contributed by atoms with Crippen LogP contribution in [0.2, 0.25) is 0 Å². The minimum atomic E-state index is 0.656. The molecule has 2 nitrogen and oxygen atoms in total. The molecule has 3 heteroatoms. The minimum absolute atomic E-state index is 0.656. The van der Waals surface area contributed by atoms with E-state index in [4.69, 9.17) is 10.5 Å². The van der Waals surface area contributed by atoms with Crippen molar-refractivity contribution in [2.75, 3.05) is 13.2 Å². The summed E-state index contributed by atoms with van der Waals surface area (Å²) in [6.45, 7) is 3.68. The van der Waals surface area contributed by atoms with Gasteiger partial charge in [-0.3, -0.25) is 0 Å². The summed E-state index contributed by atoms with van der Waals surface area (Å²) in [7, 11) is 0. The van der Waals surface area contributed by atoms with E-state index >= 15 is 0 Å². The Morgan fingerprint density at radius 3 is 2.67 bits per heavy atom. The van der Waals surface area contributed by atoms with Gasteiger partial charge in [0.2, 0.25) is 0 Å². The summed E-state index contributed by atoms with van der Waals surface area (Å²) in [6, 6.07) is 6.14. The Bertz CT molecular complexity index is 341. The summed E-state index contributed by atoms with van der Waals surface area (Å²) in [6.07, 6.45) is 7.17. The van der Waals surface area contributed by atoms with Crippen LogP contribution >= 0.6 is 15.9 Å². The van der Waals surface area contributed by atoms with Crippen LogP contribution in [0.4, 0.5) is 0 Å². The molecule has 0 spiro atoms. The molecule has 0 saturated heterocycles. The Morgan fingerprint density at radius 2 is 1.94 bits per heavy atom. The third-order valence-corrected chi connectivity index (χ3v) is 3.58. The highest BCUT2D eigenvalue weighted by Crippen LogP contribution is 2.29. The van der Waals surface area contributed by atoms with Crippen LogP contribution in [0, 0.1) is 0 Å². The predicted molar refractivity (Wildman–Crippen MR) is 81.2 cm³/mol. The van der Waals surface area contributed by atoms with Crippen molar-refractivity contribution in [3.05, 3.63) is 28.2 Å². The first-order valence-electron chi connectivity index (χ1n) is 6.89. The van der Waals surface area contributed by atoms with Crippen molar-refractivity contribution < 1.29 is 4.74 Å². The maximum absolute atomic E-state index is 5.90. The molecule has 0 radical (unpaired) electrons. The normalized spacial score (nSPS) is 10.6. The van der Waals surface area contributed by atoms with Crippen LogP contribution in [0.3, 0.4) is 0 Å². The number of ether oxygens (including phenoxy) is 1. The minimum Gasteiger partial charge on any atom is -0.492 e. The largest absolute Gasteiger partial charge is 0.492 e. The number of rotatable bonds is 9. The van der Waals surface area contributed by atoms with Crippen LogP contribution in [-0.4, -0.2) is 13.2 Å². The van der Waals surface area contributed by atoms with E-state index in [1.165, 1.54) is 31.2 Å². The zero-order valence-corrected chi connectivity index (χ0v) is 12.8. The van der Waals surface area contributed by atoms with Crippen LogP contribution in [0.15, 0.2) is 22.7 Å². The van der Waals surface area contributed by atoms with E-state index in [2.05, 4.69) is 28.9 Å². The molecule has 1 rings (SSSR count). The van der Waals surface area contributed by atoms with Crippen molar-refractivity contribution in [2.45, 2.75) is 45.4 Å². The van der Waals surface area contributed by atoms with Crippen molar-refractivity contribution in [2.24, 2.45) is 5.73 Å². The average molecular weight is 314 g/mol. The van der Waals surface area contributed by atoms with Gasteiger partial charge in [0, 0.05) is 0 Å². The predicted octanol–water partition coefficient (Wildman–Crippen LogP) is 4.30.